The van der Waals surface area contributed by atoms with E-state index in [-0.39, 0.29) is 58.4 Å². The number of carbonyl (C=O) groups excluding carboxylic acids is 4. The van der Waals surface area contributed by atoms with Crippen LogP contribution >= 0.6 is 0 Å². The molecule has 22 nitrogen and oxygen atoms in total. The van der Waals surface area contributed by atoms with Gasteiger partial charge in [-0.3, -0.25) is 19.2 Å². The van der Waals surface area contributed by atoms with E-state index in [2.05, 4.69) is 102 Å². The number of ketones is 4. The van der Waals surface area contributed by atoms with Gasteiger partial charge < -0.3 is 25.2 Å². The lowest BCUT2D eigenvalue weighted by atomic mass is 9.44. The Bertz CT molecular complexity index is 5320. The van der Waals surface area contributed by atoms with Gasteiger partial charge in [0.1, 0.15) is 54.0 Å². The van der Waals surface area contributed by atoms with Crippen LogP contribution in [0, 0.1) is 162 Å². The van der Waals surface area contributed by atoms with Gasteiger partial charge in [0.25, 0.3) is 0 Å². The summed E-state index contributed by atoms with van der Waals surface area (Å²) in [4.78, 5) is 58.6. The van der Waals surface area contributed by atoms with E-state index in [1.54, 1.807) is 21.4 Å². The zero-order chi connectivity index (χ0) is 91.0. The monoisotopic (exact) mass is 1780 g/mol. The number of methoxy groups -OCH3 is 1. The van der Waals surface area contributed by atoms with Crippen molar-refractivity contribution in [1.29, 1.82) is 0 Å². The summed E-state index contributed by atoms with van der Waals surface area (Å²) in [5.41, 5.74) is 5.03. The van der Waals surface area contributed by atoms with Gasteiger partial charge in [0.05, 0.1) is 35.0 Å². The van der Waals surface area contributed by atoms with Crippen molar-refractivity contribution in [2.45, 2.75) is 363 Å². The van der Waals surface area contributed by atoms with Crippen LogP contribution in [0.4, 0.5) is 0 Å². The first-order chi connectivity index (χ1) is 61.8. The molecule has 16 aliphatic carbocycles. The molecule has 0 saturated heterocycles. The van der Waals surface area contributed by atoms with E-state index in [1.165, 1.54) is 133 Å². The number of nitrogens with zero attached hydrogens (tertiary/aromatic N) is 13. The summed E-state index contributed by atoms with van der Waals surface area (Å²) in [6.45, 7) is 29.1. The molecular formula is C108H155N13O9. The molecule has 0 bridgehead atoms. The summed E-state index contributed by atoms with van der Waals surface area (Å²) in [7, 11) is 1.64. The molecule has 4 aromatic heterocycles. The van der Waals surface area contributed by atoms with E-state index in [1.807, 2.05) is 94.4 Å². The van der Waals surface area contributed by atoms with E-state index in [0.29, 0.717) is 111 Å². The molecule has 0 aliphatic heterocycles. The second kappa shape index (κ2) is 33.3. The van der Waals surface area contributed by atoms with Crippen LogP contribution in [-0.2, 0) is 45.4 Å². The summed E-state index contributed by atoms with van der Waals surface area (Å²) in [5.74, 6) is 13.7. The van der Waals surface area contributed by atoms with E-state index in [4.69, 9.17) is 4.74 Å². The number of hydrogen-bond donors (Lipinski definition) is 4. The number of tetrazole rings is 1. The number of para-hydroxylation sites is 1. The van der Waals surface area contributed by atoms with E-state index >= 15 is 0 Å². The molecular weight excluding hydrogens is 1620 g/mol. The van der Waals surface area contributed by atoms with Gasteiger partial charge in [-0.2, -0.15) is 29.7 Å². The van der Waals surface area contributed by atoms with E-state index < -0.39 is 22.4 Å². The molecule has 7 aromatic rings. The minimum Gasteiger partial charge on any atom is -0.494 e. The van der Waals surface area contributed by atoms with Crippen molar-refractivity contribution in [3.63, 3.8) is 0 Å². The minimum atomic E-state index is -0.486. The minimum absolute atomic E-state index is 0.0892. The van der Waals surface area contributed by atoms with Crippen molar-refractivity contribution in [3.05, 3.63) is 73.1 Å². The third kappa shape index (κ3) is 15.6. The second-order valence-corrected chi connectivity index (χ2v) is 50.0. The van der Waals surface area contributed by atoms with Gasteiger partial charge in [-0.05, 0) is 438 Å². The summed E-state index contributed by atoms with van der Waals surface area (Å²) >= 11 is 0. The predicted molar refractivity (Wildman–Crippen MR) is 500 cm³/mol. The molecule has 23 rings (SSSR count). The largest absolute Gasteiger partial charge is 0.494 e. The van der Waals surface area contributed by atoms with Crippen LogP contribution in [0.25, 0.3) is 33.1 Å². The number of aliphatic hydroxyl groups is 4. The van der Waals surface area contributed by atoms with Crippen LogP contribution in [0.1, 0.15) is 314 Å². The van der Waals surface area contributed by atoms with Crippen LogP contribution in [0.5, 0.6) is 5.75 Å². The van der Waals surface area contributed by atoms with Gasteiger partial charge in [-0.1, -0.05) is 90.9 Å². The lowest BCUT2D eigenvalue weighted by Gasteiger charge is -2.61. The van der Waals surface area contributed by atoms with E-state index in [0.717, 1.165) is 190 Å². The van der Waals surface area contributed by atoms with Crippen molar-refractivity contribution in [2.24, 2.45) is 162 Å². The van der Waals surface area contributed by atoms with Gasteiger partial charge >= 0.3 is 0 Å². The number of Topliss-reactive ketones (excluding diaryl/α,β-unsaturated/α-hetero) is 4. The summed E-state index contributed by atoms with van der Waals surface area (Å²) in [6, 6.07) is 21.5. The Morgan fingerprint density at radius 3 is 1.02 bits per heavy atom. The number of rotatable bonds is 13. The smallest absolute Gasteiger partial charge is 0.162 e. The van der Waals surface area contributed by atoms with Gasteiger partial charge in [0, 0.05) is 23.7 Å². The quantitative estimate of drug-likeness (QED) is 0.0834. The number of carbonyl (C=O) groups is 4. The summed E-state index contributed by atoms with van der Waals surface area (Å²) in [6.07, 6.45) is 42.3. The molecule has 4 heterocycles. The molecule has 3 aromatic carbocycles. The average Bonchev–Trinajstić information content (AvgIpc) is 1.68. The molecule has 130 heavy (non-hydrogen) atoms. The van der Waals surface area contributed by atoms with Crippen LogP contribution in [-0.4, -0.2) is 138 Å². The van der Waals surface area contributed by atoms with Crippen molar-refractivity contribution in [1.82, 2.24) is 65.2 Å². The average molecular weight is 1780 g/mol. The standard InChI is InChI=1S/C29H41N3O3.2C28H39N3O2.C23H36N4O2/c1-27(34)14-15-28(2)18(16-27)8-9-19-20-10-11-22(29(20,3)13-12-21(19)28)24(33)17-32-30-23-6-5-7-25(35-4)26(23)31-32;1-26(33)14-15-27(2)18(16-26)8-9-19-20-10-11-22(28(20,3)13-12-21(19)27)25(32)17-31-24-7-5-4-6-23(24)29-30-31;1-26(33)14-15-27(2)18(16-26)8-9-19-20-10-11-22(28(20,3)13-12-21(19)27)25(32)17-31-29-23-6-4-5-7-24(23)30-31;1-21(29)10-11-22(2)15(12-21)4-5-16-17-6-7-19(23(17,3)9-8-18(16)22)20(28)13-27-25-14-24-26-27/h5-7,18-22,34H,8-17H2,1-4H3;2*4-7,18-22,33H,8-17H2,1-3H3;14-19,29H,4-13H2,1-3H3/t18-,19-,20-,21-,22+,27+,28-,29-;2*18-,19-,20-,21-,22+,26+,27-,28-;15-,16-,17-,18-,19+,21+,22-,23-/m0000/s1. The Labute approximate surface area is 771 Å². The zero-order valence-electron chi connectivity index (χ0n) is 80.9. The van der Waals surface area contributed by atoms with E-state index in [9.17, 15) is 39.6 Å². The topological polar surface area (TPSA) is 294 Å². The SMILES string of the molecule is COc1cccc2nn(CC(=O)[C@H]3CC[C@H]4[C@@H]5CC[C@H]6C[C@](C)(O)CC[C@]6(C)[C@H]5CC[C@]34C)nc12.C[C@@]1(O)CC[C@@]2(C)[C@@H](CC[C@@H]3[C@@H]2CC[C@]2(C)[C@@H](C(=O)Cn4nc5ccccc5n4)CC[C@@H]32)C1.C[C@@]1(O)CC[C@@]2(C)[C@@H](CC[C@@H]3[C@@H]2CC[C@]2(C)[C@@H](C(=O)Cn4ncnn4)CC[C@@H]32)C1.C[C@@]1(O)CC[C@@]2(C)[C@@H](CC[C@@H]3[C@@H]2CC[C@]2(C)[C@@H](C(=O)Cn4nnc5ccccc54)CC[C@@H]32)C1. The second-order valence-electron chi connectivity index (χ2n) is 50.0. The fraction of sp³-hybridized carbons (Fsp3) is 0.787. The summed E-state index contributed by atoms with van der Waals surface area (Å²) < 4.78 is 7.23. The zero-order valence-corrected chi connectivity index (χ0v) is 80.9. The fourth-order valence-electron chi connectivity index (χ4n) is 36.3. The normalized spacial score (nSPS) is 45.2. The highest BCUT2D eigenvalue weighted by atomic mass is 16.5. The van der Waals surface area contributed by atoms with Crippen molar-refractivity contribution >= 4 is 56.2 Å². The molecule has 0 unspecified atom stereocenters. The van der Waals surface area contributed by atoms with Gasteiger partial charge in [0.2, 0.25) is 0 Å². The Morgan fingerprint density at radius 2 is 0.654 bits per heavy atom. The van der Waals surface area contributed by atoms with Crippen LogP contribution in [0.15, 0.2) is 73.1 Å². The first-order valence-electron chi connectivity index (χ1n) is 52.0. The van der Waals surface area contributed by atoms with Gasteiger partial charge in [-0.25, -0.2) is 4.68 Å². The lowest BCUT2D eigenvalue weighted by Crippen LogP contribution is -2.55. The number of ether oxygens (including phenoxy) is 1. The number of hydrogen-bond acceptors (Lipinski definition) is 18. The molecule has 0 radical (unpaired) electrons. The van der Waals surface area contributed by atoms with Crippen molar-refractivity contribution < 1.29 is 44.3 Å². The first kappa shape index (κ1) is 91.0. The third-order valence-electron chi connectivity index (χ3n) is 43.3. The summed E-state index contributed by atoms with van der Waals surface area (Å²) in [5, 5.41) is 81.4. The molecule has 16 fully saturated rings. The van der Waals surface area contributed by atoms with Crippen molar-refractivity contribution in [2.75, 3.05) is 7.11 Å². The molecule has 22 heteroatoms. The lowest BCUT2D eigenvalue weighted by molar-refractivity contribution is -0.151. The highest BCUT2D eigenvalue weighted by Gasteiger charge is 2.68. The first-order valence-corrected chi connectivity index (χ1v) is 52.0. The Balaban J connectivity index is 0.000000109. The third-order valence-corrected chi connectivity index (χ3v) is 43.3. The maximum Gasteiger partial charge on any atom is 0.162 e. The van der Waals surface area contributed by atoms with Crippen LogP contribution in [0.3, 0.4) is 0 Å². The maximum absolute atomic E-state index is 13.7. The van der Waals surface area contributed by atoms with Crippen LogP contribution < -0.4 is 4.74 Å². The molecule has 16 aliphatic rings. The maximum atomic E-state index is 13.7. The highest BCUT2D eigenvalue weighted by Crippen LogP contribution is 2.74. The molecule has 0 spiro atoms. The predicted octanol–water partition coefficient (Wildman–Crippen LogP) is 19.9. The van der Waals surface area contributed by atoms with Gasteiger partial charge in [-0.15, -0.1) is 20.4 Å². The Kier molecular flexibility index (Phi) is 23.3. The molecule has 16 saturated carbocycles. The van der Waals surface area contributed by atoms with Crippen molar-refractivity contribution in [3.8, 4) is 5.75 Å². The number of aromatic nitrogens is 13. The molecule has 32 atom stereocenters. The highest BCUT2D eigenvalue weighted by molar-refractivity contribution is 5.86. The number of fused-ring (bicyclic) bond motifs is 23. The number of benzene rings is 3. The molecule has 706 valence electrons. The Morgan fingerprint density at radius 1 is 0.331 bits per heavy atom. The molecule has 4 N–H and O–H groups in total. The molecule has 0 amide bonds. The Hall–Kier alpha value is -6.75. The fourth-order valence-corrected chi connectivity index (χ4v) is 36.3. The van der Waals surface area contributed by atoms with Gasteiger partial charge in [0.15, 0.2) is 35.0 Å². The van der Waals surface area contributed by atoms with Crippen LogP contribution in [0.2, 0.25) is 0 Å².